The Kier molecular flexibility index (Phi) is 7.68. The van der Waals surface area contributed by atoms with Crippen molar-refractivity contribution in [3.8, 4) is 5.75 Å². The number of anilines is 1. The first-order valence-electron chi connectivity index (χ1n) is 11.2. The van der Waals surface area contributed by atoms with Gasteiger partial charge in [0.2, 0.25) is 0 Å². The number of para-hydroxylation sites is 1. The number of carbonyl (C=O) groups excluding carboxylic acids is 1. The van der Waals surface area contributed by atoms with Gasteiger partial charge in [-0.25, -0.2) is 4.39 Å². The Morgan fingerprint density at radius 3 is 2.48 bits per heavy atom. The van der Waals surface area contributed by atoms with Crippen molar-refractivity contribution >= 4 is 11.6 Å². The van der Waals surface area contributed by atoms with Crippen LogP contribution in [-0.2, 0) is 11.3 Å². The van der Waals surface area contributed by atoms with Gasteiger partial charge in [-0.15, -0.1) is 0 Å². The van der Waals surface area contributed by atoms with E-state index >= 15 is 0 Å². The molecule has 1 fully saturated rings. The minimum atomic E-state index is -0.235. The lowest BCUT2D eigenvalue weighted by Crippen LogP contribution is -3.29. The van der Waals surface area contributed by atoms with Crippen LogP contribution in [0.1, 0.15) is 43.4 Å². The molecule has 5 nitrogen and oxygen atoms in total. The van der Waals surface area contributed by atoms with Gasteiger partial charge in [0.15, 0.2) is 6.04 Å². The Labute approximate surface area is 185 Å². The third-order valence-electron chi connectivity index (χ3n) is 6.46. The molecule has 0 bridgehead atoms. The SMILES string of the molecule is COc1ccc(F)cc1C[NH+]1CC[NH+]([C@@H](C)C(=O)Nc2c(C)cccc2C(C)C)CC1. The zero-order valence-corrected chi connectivity index (χ0v) is 19.3. The van der Waals surface area contributed by atoms with E-state index in [1.165, 1.54) is 21.4 Å². The summed E-state index contributed by atoms with van der Waals surface area (Å²) in [6.07, 6.45) is 0. The van der Waals surface area contributed by atoms with E-state index in [0.717, 1.165) is 55.3 Å². The number of ether oxygens (including phenoxy) is 1. The summed E-state index contributed by atoms with van der Waals surface area (Å²) >= 11 is 0. The van der Waals surface area contributed by atoms with Gasteiger partial charge in [-0.3, -0.25) is 4.79 Å². The van der Waals surface area contributed by atoms with Crippen LogP contribution in [0.25, 0.3) is 0 Å². The summed E-state index contributed by atoms with van der Waals surface area (Å²) in [6.45, 7) is 12.8. The normalized spacial score (nSPS) is 19.8. The first kappa shape index (κ1) is 23.2. The molecule has 1 saturated heterocycles. The lowest BCUT2D eigenvalue weighted by atomic mass is 9.98. The molecule has 0 saturated carbocycles. The Morgan fingerprint density at radius 1 is 1.13 bits per heavy atom. The molecule has 0 spiro atoms. The van der Waals surface area contributed by atoms with Crippen LogP contribution in [0.15, 0.2) is 36.4 Å². The van der Waals surface area contributed by atoms with E-state index in [-0.39, 0.29) is 17.8 Å². The molecule has 1 amide bonds. The number of piperazine rings is 1. The highest BCUT2D eigenvalue weighted by Crippen LogP contribution is 2.27. The van der Waals surface area contributed by atoms with Crippen LogP contribution in [-0.4, -0.2) is 45.2 Å². The Morgan fingerprint density at radius 2 is 1.84 bits per heavy atom. The van der Waals surface area contributed by atoms with Gasteiger partial charge in [-0.1, -0.05) is 32.0 Å². The van der Waals surface area contributed by atoms with Crippen molar-refractivity contribution in [3.05, 3.63) is 58.9 Å². The van der Waals surface area contributed by atoms with Crippen molar-refractivity contribution in [2.75, 3.05) is 38.6 Å². The second-order valence-electron chi connectivity index (χ2n) is 8.95. The fourth-order valence-corrected chi connectivity index (χ4v) is 4.45. The van der Waals surface area contributed by atoms with Crippen LogP contribution in [0.3, 0.4) is 0 Å². The molecule has 1 aliphatic rings. The number of carbonyl (C=O) groups is 1. The van der Waals surface area contributed by atoms with Crippen molar-refractivity contribution in [2.45, 2.75) is 46.2 Å². The summed E-state index contributed by atoms with van der Waals surface area (Å²) in [4.78, 5) is 15.7. The third kappa shape index (κ3) is 5.63. The van der Waals surface area contributed by atoms with Crippen molar-refractivity contribution in [3.63, 3.8) is 0 Å². The van der Waals surface area contributed by atoms with Gasteiger partial charge < -0.3 is 19.9 Å². The molecule has 6 heteroatoms. The highest BCUT2D eigenvalue weighted by molar-refractivity contribution is 5.95. The summed E-state index contributed by atoms with van der Waals surface area (Å²) in [5.74, 6) is 0.920. The quantitative estimate of drug-likeness (QED) is 0.626. The molecule has 0 unspecified atom stereocenters. The maximum atomic E-state index is 13.7. The van der Waals surface area contributed by atoms with Crippen LogP contribution in [0, 0.1) is 12.7 Å². The van der Waals surface area contributed by atoms with Crippen LogP contribution >= 0.6 is 0 Å². The van der Waals surface area contributed by atoms with Crippen molar-refractivity contribution < 1.29 is 23.7 Å². The number of aryl methyl sites for hydroxylation is 1. The molecule has 2 aromatic carbocycles. The Balaban J connectivity index is 1.59. The molecule has 1 aliphatic heterocycles. The molecule has 0 radical (unpaired) electrons. The number of methoxy groups -OCH3 is 1. The first-order valence-corrected chi connectivity index (χ1v) is 11.2. The molecule has 3 N–H and O–H groups in total. The second-order valence-corrected chi connectivity index (χ2v) is 8.95. The fraction of sp³-hybridized carbons (Fsp3) is 0.480. The van der Waals surface area contributed by atoms with Crippen molar-refractivity contribution in [2.24, 2.45) is 0 Å². The number of amides is 1. The van der Waals surface area contributed by atoms with Crippen LogP contribution < -0.4 is 19.9 Å². The molecule has 0 aliphatic carbocycles. The summed E-state index contributed by atoms with van der Waals surface area (Å²) < 4.78 is 19.1. The van der Waals surface area contributed by atoms with Gasteiger partial charge in [-0.2, -0.15) is 0 Å². The Bertz CT molecular complexity index is 908. The molecule has 31 heavy (non-hydrogen) atoms. The lowest BCUT2D eigenvalue weighted by molar-refractivity contribution is -1.02. The molecular formula is C25H36FN3O2+2. The van der Waals surface area contributed by atoms with E-state index in [4.69, 9.17) is 4.74 Å². The smallest absolute Gasteiger partial charge is 0.282 e. The first-order chi connectivity index (χ1) is 14.8. The minimum absolute atomic E-state index is 0.0708. The fourth-order valence-electron chi connectivity index (χ4n) is 4.45. The van der Waals surface area contributed by atoms with E-state index in [0.29, 0.717) is 5.92 Å². The predicted octanol–water partition coefficient (Wildman–Crippen LogP) is 1.58. The molecule has 2 aromatic rings. The monoisotopic (exact) mass is 429 g/mol. The van der Waals surface area contributed by atoms with E-state index < -0.39 is 0 Å². The predicted molar refractivity (Wildman–Crippen MR) is 121 cm³/mol. The van der Waals surface area contributed by atoms with Crippen LogP contribution in [0.4, 0.5) is 10.1 Å². The average molecular weight is 430 g/mol. The second kappa shape index (κ2) is 10.2. The molecule has 168 valence electrons. The van der Waals surface area contributed by atoms with Crippen molar-refractivity contribution in [1.29, 1.82) is 0 Å². The lowest BCUT2D eigenvalue weighted by Gasteiger charge is -2.33. The van der Waals surface area contributed by atoms with Crippen molar-refractivity contribution in [1.82, 2.24) is 0 Å². The standard InChI is InChI=1S/C25H34FN3O2/c1-17(2)22-8-6-7-18(3)24(22)27-25(30)19(4)29-13-11-28(12-14-29)16-20-15-21(26)9-10-23(20)31-5/h6-10,15,17,19H,11-14,16H2,1-5H3,(H,27,30)/p+2/t19-/m0/s1. The van der Waals surface area contributed by atoms with Gasteiger partial charge in [-0.05, 0) is 49.1 Å². The van der Waals surface area contributed by atoms with Gasteiger partial charge in [0.1, 0.15) is 44.3 Å². The van der Waals surface area contributed by atoms with Gasteiger partial charge in [0.25, 0.3) is 5.91 Å². The molecule has 1 atom stereocenters. The number of halogens is 1. The highest BCUT2D eigenvalue weighted by atomic mass is 19.1. The maximum Gasteiger partial charge on any atom is 0.282 e. The number of nitrogens with one attached hydrogen (secondary N) is 3. The average Bonchev–Trinajstić information content (AvgIpc) is 2.75. The molecule has 3 rings (SSSR count). The number of hydrogen-bond donors (Lipinski definition) is 3. The number of rotatable bonds is 7. The Hall–Kier alpha value is -2.44. The molecular weight excluding hydrogens is 393 g/mol. The molecule has 0 aromatic heterocycles. The number of benzene rings is 2. The molecule has 1 heterocycles. The van der Waals surface area contributed by atoms with Gasteiger partial charge in [0.05, 0.1) is 12.7 Å². The van der Waals surface area contributed by atoms with Gasteiger partial charge >= 0.3 is 0 Å². The van der Waals surface area contributed by atoms with Crippen LogP contribution in [0.5, 0.6) is 5.75 Å². The summed E-state index contributed by atoms with van der Waals surface area (Å²) in [5.41, 5.74) is 4.12. The van der Waals surface area contributed by atoms with E-state index in [1.54, 1.807) is 19.2 Å². The topological polar surface area (TPSA) is 47.2 Å². The van der Waals surface area contributed by atoms with Gasteiger partial charge in [0, 0.05) is 5.69 Å². The number of quaternary nitrogens is 2. The van der Waals surface area contributed by atoms with E-state index in [2.05, 4.69) is 25.2 Å². The minimum Gasteiger partial charge on any atom is -0.496 e. The zero-order valence-electron chi connectivity index (χ0n) is 19.3. The van der Waals surface area contributed by atoms with E-state index in [1.807, 2.05) is 26.0 Å². The highest BCUT2D eigenvalue weighted by Gasteiger charge is 2.32. The largest absolute Gasteiger partial charge is 0.496 e. The summed E-state index contributed by atoms with van der Waals surface area (Å²) in [5, 5.41) is 3.20. The summed E-state index contributed by atoms with van der Waals surface area (Å²) in [7, 11) is 1.62. The number of hydrogen-bond acceptors (Lipinski definition) is 2. The summed E-state index contributed by atoms with van der Waals surface area (Å²) in [6, 6.07) is 10.7. The third-order valence-corrected chi connectivity index (χ3v) is 6.46. The van der Waals surface area contributed by atoms with Crippen LogP contribution in [0.2, 0.25) is 0 Å². The maximum absolute atomic E-state index is 13.7. The van der Waals surface area contributed by atoms with E-state index in [9.17, 15) is 9.18 Å². The zero-order chi connectivity index (χ0) is 22.5.